The smallest absolute Gasteiger partial charge is 0.386 e. The number of phosphoric ester groups is 1. The molecule has 2 aromatic rings. The molecule has 2 saturated heterocycles. The maximum Gasteiger partial charge on any atom is 0.472 e. The van der Waals surface area contributed by atoms with E-state index in [1.807, 2.05) is 0 Å². The van der Waals surface area contributed by atoms with Crippen molar-refractivity contribution in [1.29, 1.82) is 0 Å². The zero-order valence-electron chi connectivity index (χ0n) is 11.1. The van der Waals surface area contributed by atoms with Gasteiger partial charge in [-0.1, -0.05) is 0 Å². The number of anilines is 1. The normalized spacial score (nSPS) is 38.3. The minimum absolute atomic E-state index is 0.137. The van der Waals surface area contributed by atoms with E-state index in [1.165, 1.54) is 6.33 Å². The van der Waals surface area contributed by atoms with Crippen LogP contribution in [0.1, 0.15) is 6.23 Å². The fraction of sp³-hybridized carbons (Fsp3) is 0.455. The SMILES string of the molecule is Nc1ncnc2c1ccn2[C@H]1O[C@H]2COP(=O)(O)O[C@@H]2[C@@H]1O. The molecular weight excluding hydrogens is 315 g/mol. The maximum atomic E-state index is 11.5. The molecule has 22 heavy (non-hydrogen) atoms. The van der Waals surface area contributed by atoms with E-state index in [1.54, 1.807) is 16.8 Å². The molecule has 0 aliphatic carbocycles. The highest BCUT2D eigenvalue weighted by molar-refractivity contribution is 7.47. The molecule has 5 atom stereocenters. The topological polar surface area (TPSA) is 142 Å². The molecule has 0 radical (unpaired) electrons. The highest BCUT2D eigenvalue weighted by atomic mass is 31.2. The summed E-state index contributed by atoms with van der Waals surface area (Å²) >= 11 is 0. The van der Waals surface area contributed by atoms with Crippen molar-refractivity contribution in [2.75, 3.05) is 12.3 Å². The first-order chi connectivity index (χ1) is 10.5. The molecule has 4 N–H and O–H groups in total. The van der Waals surface area contributed by atoms with E-state index >= 15 is 0 Å². The zero-order valence-corrected chi connectivity index (χ0v) is 12.0. The van der Waals surface area contributed by atoms with Gasteiger partial charge in [-0.15, -0.1) is 0 Å². The number of fused-ring (bicyclic) bond motifs is 2. The van der Waals surface area contributed by atoms with Crippen LogP contribution in [0.3, 0.4) is 0 Å². The Morgan fingerprint density at radius 3 is 3.09 bits per heavy atom. The Balaban J connectivity index is 1.71. The lowest BCUT2D eigenvalue weighted by molar-refractivity contribution is -0.0663. The van der Waals surface area contributed by atoms with Gasteiger partial charge >= 0.3 is 7.82 Å². The summed E-state index contributed by atoms with van der Waals surface area (Å²) in [5.41, 5.74) is 6.26. The average molecular weight is 328 g/mol. The van der Waals surface area contributed by atoms with Gasteiger partial charge in [-0.3, -0.25) is 9.05 Å². The van der Waals surface area contributed by atoms with Crippen LogP contribution >= 0.6 is 7.82 Å². The molecule has 2 aliphatic rings. The number of nitrogen functional groups attached to an aromatic ring is 1. The van der Waals surface area contributed by atoms with Crippen molar-refractivity contribution in [3.05, 3.63) is 18.6 Å². The second-order valence-electron chi connectivity index (χ2n) is 5.11. The molecule has 0 spiro atoms. The molecule has 4 heterocycles. The summed E-state index contributed by atoms with van der Waals surface area (Å²) in [6.45, 7) is -0.137. The molecule has 2 aliphatic heterocycles. The Bertz CT molecular complexity index is 781. The van der Waals surface area contributed by atoms with E-state index in [0.717, 1.165) is 0 Å². The summed E-state index contributed by atoms with van der Waals surface area (Å²) in [6.07, 6.45) is -0.619. The first-order valence-electron chi connectivity index (χ1n) is 6.52. The third kappa shape index (κ3) is 2.04. The van der Waals surface area contributed by atoms with Crippen LogP contribution in [0, 0.1) is 0 Å². The highest BCUT2D eigenvalue weighted by Gasteiger charge is 2.52. The molecule has 0 aromatic carbocycles. The number of nitrogens with two attached hydrogens (primary N) is 1. The molecule has 0 bridgehead atoms. The number of aromatic nitrogens is 3. The lowest BCUT2D eigenvalue weighted by Crippen LogP contribution is -2.39. The third-order valence-corrected chi connectivity index (χ3v) is 4.77. The Morgan fingerprint density at radius 2 is 2.27 bits per heavy atom. The van der Waals surface area contributed by atoms with E-state index in [2.05, 4.69) is 9.97 Å². The van der Waals surface area contributed by atoms with Crippen molar-refractivity contribution in [1.82, 2.24) is 14.5 Å². The van der Waals surface area contributed by atoms with Crippen molar-refractivity contribution in [2.24, 2.45) is 0 Å². The van der Waals surface area contributed by atoms with Crippen LogP contribution in [0.2, 0.25) is 0 Å². The third-order valence-electron chi connectivity index (χ3n) is 3.78. The maximum absolute atomic E-state index is 11.5. The molecule has 2 aromatic heterocycles. The molecule has 0 saturated carbocycles. The van der Waals surface area contributed by atoms with Gasteiger partial charge in [0.05, 0.1) is 12.0 Å². The van der Waals surface area contributed by atoms with E-state index in [-0.39, 0.29) is 6.61 Å². The van der Waals surface area contributed by atoms with Crippen LogP contribution in [0.15, 0.2) is 18.6 Å². The number of nitrogens with zero attached hydrogens (tertiary/aromatic N) is 3. The fourth-order valence-electron chi connectivity index (χ4n) is 2.76. The first-order valence-corrected chi connectivity index (χ1v) is 8.02. The fourth-order valence-corrected chi connectivity index (χ4v) is 3.73. The van der Waals surface area contributed by atoms with Gasteiger partial charge in [0.15, 0.2) is 6.23 Å². The van der Waals surface area contributed by atoms with Gasteiger partial charge in [-0.25, -0.2) is 14.5 Å². The van der Waals surface area contributed by atoms with Gasteiger partial charge in [-0.2, -0.15) is 0 Å². The number of aliphatic hydroxyl groups is 1. The number of hydrogen-bond donors (Lipinski definition) is 3. The summed E-state index contributed by atoms with van der Waals surface area (Å²) in [4.78, 5) is 17.4. The second kappa shape index (κ2) is 4.72. The Hall–Kier alpha value is -1.55. The van der Waals surface area contributed by atoms with E-state index in [0.29, 0.717) is 16.9 Å². The summed E-state index contributed by atoms with van der Waals surface area (Å²) in [5, 5.41) is 11.0. The number of rotatable bonds is 1. The number of aliphatic hydroxyl groups excluding tert-OH is 1. The van der Waals surface area contributed by atoms with Gasteiger partial charge in [0.2, 0.25) is 0 Å². The van der Waals surface area contributed by atoms with Crippen molar-refractivity contribution in [2.45, 2.75) is 24.5 Å². The molecule has 2 fully saturated rings. The minimum atomic E-state index is -4.15. The predicted molar refractivity (Wildman–Crippen MR) is 72.5 cm³/mol. The van der Waals surface area contributed by atoms with Crippen molar-refractivity contribution < 1.29 is 28.3 Å². The number of hydrogen-bond acceptors (Lipinski definition) is 8. The van der Waals surface area contributed by atoms with Gasteiger partial charge in [-0.05, 0) is 6.07 Å². The summed E-state index contributed by atoms with van der Waals surface area (Å²) in [7, 11) is -4.15. The molecular formula is C11H13N4O6P. The van der Waals surface area contributed by atoms with E-state index in [9.17, 15) is 14.6 Å². The lowest BCUT2D eigenvalue weighted by atomic mass is 10.1. The zero-order chi connectivity index (χ0) is 15.5. The lowest BCUT2D eigenvalue weighted by Gasteiger charge is -2.27. The standard InChI is InChI=1S/C11H13N4O6P/c12-9-5-1-2-15(10(5)14-4-13-9)11-7(16)8-6(20-11)3-19-22(17,18)21-8/h1-2,4,6-8,11,16H,3H2,(H,17,18)(H2,12,13,14)/t6-,7-,8-,11-/m0/s1. The second-order valence-corrected chi connectivity index (χ2v) is 6.52. The largest absolute Gasteiger partial charge is 0.472 e. The van der Waals surface area contributed by atoms with E-state index < -0.39 is 32.4 Å². The first kappa shape index (κ1) is 14.1. The predicted octanol–water partition coefficient (Wildman–Crippen LogP) is -0.212. The van der Waals surface area contributed by atoms with Crippen LogP contribution in [-0.4, -0.2) is 49.5 Å². The Morgan fingerprint density at radius 1 is 1.45 bits per heavy atom. The average Bonchev–Trinajstić information content (AvgIpc) is 3.01. The monoisotopic (exact) mass is 328 g/mol. The van der Waals surface area contributed by atoms with Crippen LogP contribution in [-0.2, 0) is 18.3 Å². The van der Waals surface area contributed by atoms with Crippen LogP contribution in [0.25, 0.3) is 11.0 Å². The summed E-state index contributed by atoms with van der Waals surface area (Å²) in [6, 6.07) is 1.71. The van der Waals surface area contributed by atoms with Crippen LogP contribution in [0.4, 0.5) is 5.82 Å². The van der Waals surface area contributed by atoms with Crippen molar-refractivity contribution in [3.8, 4) is 0 Å². The quantitative estimate of drug-likeness (QED) is 0.606. The van der Waals surface area contributed by atoms with Gasteiger partial charge in [0.1, 0.15) is 36.1 Å². The molecule has 1 unspecified atom stereocenters. The molecule has 10 nitrogen and oxygen atoms in total. The molecule has 118 valence electrons. The molecule has 0 amide bonds. The number of phosphoric acid groups is 1. The van der Waals surface area contributed by atoms with Gasteiger partial charge in [0, 0.05) is 6.20 Å². The molecule has 11 heteroatoms. The van der Waals surface area contributed by atoms with Crippen LogP contribution < -0.4 is 5.73 Å². The highest BCUT2D eigenvalue weighted by Crippen LogP contribution is 2.52. The van der Waals surface area contributed by atoms with Crippen molar-refractivity contribution in [3.63, 3.8) is 0 Å². The van der Waals surface area contributed by atoms with Crippen LogP contribution in [0.5, 0.6) is 0 Å². The van der Waals surface area contributed by atoms with Crippen molar-refractivity contribution >= 4 is 24.7 Å². The Labute approximate surface area is 124 Å². The molecule has 4 rings (SSSR count). The van der Waals surface area contributed by atoms with Gasteiger partial charge < -0.3 is 25.0 Å². The summed E-state index contributed by atoms with van der Waals surface area (Å²) < 4.78 is 28.4. The van der Waals surface area contributed by atoms with Gasteiger partial charge in [0.25, 0.3) is 0 Å². The summed E-state index contributed by atoms with van der Waals surface area (Å²) in [5.74, 6) is 0.313. The Kier molecular flexibility index (Phi) is 3.02. The number of ether oxygens (including phenoxy) is 1. The van der Waals surface area contributed by atoms with E-state index in [4.69, 9.17) is 19.5 Å². The minimum Gasteiger partial charge on any atom is -0.386 e.